The zero-order chi connectivity index (χ0) is 14.5. The van der Waals surface area contributed by atoms with Crippen LogP contribution < -0.4 is 15.8 Å². The van der Waals surface area contributed by atoms with Gasteiger partial charge in [-0.3, -0.25) is 0 Å². The molecule has 7 heteroatoms. The first-order valence-electron chi connectivity index (χ1n) is 6.14. The highest BCUT2D eigenvalue weighted by molar-refractivity contribution is 7.89. The minimum atomic E-state index is -3.52. The number of rotatable bonds is 7. The zero-order valence-electron chi connectivity index (χ0n) is 11.1. The number of hydrogen-bond donors (Lipinski definition) is 4. The highest BCUT2D eigenvalue weighted by Gasteiger charge is 2.17. The molecule has 2 atom stereocenters. The number of hydrogen-bond acceptors (Lipinski definition) is 5. The second kappa shape index (κ2) is 6.85. The van der Waals surface area contributed by atoms with Crippen molar-refractivity contribution in [1.82, 2.24) is 4.72 Å². The number of anilines is 1. The Bertz CT molecular complexity index is 503. The van der Waals surface area contributed by atoms with E-state index in [-0.39, 0.29) is 11.4 Å². The van der Waals surface area contributed by atoms with Crippen molar-refractivity contribution in [3.05, 3.63) is 24.3 Å². The largest absolute Gasteiger partial charge is 0.392 e. The second-order valence-electron chi connectivity index (χ2n) is 4.28. The van der Waals surface area contributed by atoms with Crippen molar-refractivity contribution >= 4 is 15.7 Å². The maximum absolute atomic E-state index is 12.0. The summed E-state index contributed by atoms with van der Waals surface area (Å²) >= 11 is 0. The molecule has 1 rings (SSSR count). The number of sulfonamides is 1. The summed E-state index contributed by atoms with van der Waals surface area (Å²) < 4.78 is 26.4. The Labute approximate surface area is 114 Å². The molecule has 0 aromatic heterocycles. The normalized spacial score (nSPS) is 14.9. The van der Waals surface area contributed by atoms with Gasteiger partial charge in [-0.2, -0.15) is 0 Å². The Morgan fingerprint density at radius 3 is 2.58 bits per heavy atom. The molecule has 108 valence electrons. The van der Waals surface area contributed by atoms with E-state index in [9.17, 15) is 13.5 Å². The SMILES string of the molecule is CCNS(=O)(=O)c1ccccc1NCC(N)C(C)O. The number of aliphatic hydroxyl groups excluding tert-OH is 1. The number of para-hydroxylation sites is 1. The predicted octanol–water partition coefficient (Wildman–Crippen LogP) is 0.105. The predicted molar refractivity (Wildman–Crippen MR) is 75.5 cm³/mol. The minimum absolute atomic E-state index is 0.176. The van der Waals surface area contributed by atoms with Crippen LogP contribution in [0.1, 0.15) is 13.8 Å². The van der Waals surface area contributed by atoms with Crippen LogP contribution in [0.4, 0.5) is 5.69 Å². The lowest BCUT2D eigenvalue weighted by Gasteiger charge is -2.18. The Hall–Kier alpha value is -1.15. The first-order chi connectivity index (χ1) is 8.88. The molecule has 0 radical (unpaired) electrons. The van der Waals surface area contributed by atoms with Crippen molar-refractivity contribution in [2.24, 2.45) is 5.73 Å². The highest BCUT2D eigenvalue weighted by atomic mass is 32.2. The summed E-state index contributed by atoms with van der Waals surface area (Å²) in [7, 11) is -3.52. The lowest BCUT2D eigenvalue weighted by atomic mass is 10.2. The molecule has 0 aliphatic carbocycles. The third-order valence-corrected chi connectivity index (χ3v) is 4.26. The van der Waals surface area contributed by atoms with Crippen LogP contribution in [0.25, 0.3) is 0 Å². The van der Waals surface area contributed by atoms with E-state index < -0.39 is 22.2 Å². The van der Waals surface area contributed by atoms with Gasteiger partial charge in [0.25, 0.3) is 0 Å². The Morgan fingerprint density at radius 2 is 2.00 bits per heavy atom. The highest BCUT2D eigenvalue weighted by Crippen LogP contribution is 2.20. The maximum Gasteiger partial charge on any atom is 0.242 e. The second-order valence-corrected chi connectivity index (χ2v) is 6.02. The Morgan fingerprint density at radius 1 is 1.37 bits per heavy atom. The van der Waals surface area contributed by atoms with E-state index in [0.29, 0.717) is 12.2 Å². The van der Waals surface area contributed by atoms with Crippen molar-refractivity contribution in [3.63, 3.8) is 0 Å². The van der Waals surface area contributed by atoms with Gasteiger partial charge in [-0.25, -0.2) is 13.1 Å². The third-order valence-electron chi connectivity index (χ3n) is 2.66. The summed E-state index contributed by atoms with van der Waals surface area (Å²) in [6.45, 7) is 3.92. The zero-order valence-corrected chi connectivity index (χ0v) is 11.9. The summed E-state index contributed by atoms with van der Waals surface area (Å²) in [5.74, 6) is 0. The van der Waals surface area contributed by atoms with Gasteiger partial charge in [0.15, 0.2) is 0 Å². The summed E-state index contributed by atoms with van der Waals surface area (Å²) in [6, 6.07) is 6.12. The summed E-state index contributed by atoms with van der Waals surface area (Å²) in [5, 5.41) is 12.3. The Balaban J connectivity index is 2.91. The first-order valence-corrected chi connectivity index (χ1v) is 7.63. The smallest absolute Gasteiger partial charge is 0.242 e. The molecule has 1 aromatic carbocycles. The molecule has 0 bridgehead atoms. The topological polar surface area (TPSA) is 104 Å². The molecule has 0 saturated carbocycles. The van der Waals surface area contributed by atoms with E-state index in [0.717, 1.165) is 0 Å². The van der Waals surface area contributed by atoms with Gasteiger partial charge >= 0.3 is 0 Å². The number of aliphatic hydroxyl groups is 1. The summed E-state index contributed by atoms with van der Waals surface area (Å²) in [4.78, 5) is 0.176. The fourth-order valence-electron chi connectivity index (χ4n) is 1.51. The van der Waals surface area contributed by atoms with Gasteiger partial charge in [-0.15, -0.1) is 0 Å². The van der Waals surface area contributed by atoms with Crippen LogP contribution in [0.5, 0.6) is 0 Å². The third kappa shape index (κ3) is 4.46. The number of nitrogens with one attached hydrogen (secondary N) is 2. The lowest BCUT2D eigenvalue weighted by molar-refractivity contribution is 0.168. The van der Waals surface area contributed by atoms with Gasteiger partial charge in [0.1, 0.15) is 4.90 Å². The molecule has 0 fully saturated rings. The molecule has 0 aliphatic rings. The molecule has 0 aliphatic heterocycles. The van der Waals surface area contributed by atoms with Crippen LogP contribution in [0.2, 0.25) is 0 Å². The van der Waals surface area contributed by atoms with E-state index in [1.54, 1.807) is 32.0 Å². The minimum Gasteiger partial charge on any atom is -0.392 e. The van der Waals surface area contributed by atoms with E-state index in [1.807, 2.05) is 0 Å². The van der Waals surface area contributed by atoms with Gasteiger partial charge in [-0.1, -0.05) is 19.1 Å². The van der Waals surface area contributed by atoms with Crippen molar-refractivity contribution in [1.29, 1.82) is 0 Å². The van der Waals surface area contributed by atoms with E-state index in [4.69, 9.17) is 5.73 Å². The molecule has 19 heavy (non-hydrogen) atoms. The molecular weight excluding hydrogens is 266 g/mol. The van der Waals surface area contributed by atoms with Crippen molar-refractivity contribution in [2.75, 3.05) is 18.4 Å². The fourth-order valence-corrected chi connectivity index (χ4v) is 2.74. The summed E-state index contributed by atoms with van der Waals surface area (Å²) in [5.41, 5.74) is 6.18. The molecule has 0 spiro atoms. The van der Waals surface area contributed by atoms with Gasteiger partial charge in [0.05, 0.1) is 11.8 Å². The molecule has 0 saturated heterocycles. The first kappa shape index (κ1) is 15.9. The van der Waals surface area contributed by atoms with Gasteiger partial charge in [-0.05, 0) is 19.1 Å². The van der Waals surface area contributed by atoms with Crippen LogP contribution in [-0.2, 0) is 10.0 Å². The average molecular weight is 287 g/mol. The van der Waals surface area contributed by atoms with Crippen LogP contribution >= 0.6 is 0 Å². The van der Waals surface area contributed by atoms with Crippen molar-refractivity contribution in [3.8, 4) is 0 Å². The molecule has 1 aromatic rings. The van der Waals surface area contributed by atoms with E-state index in [2.05, 4.69) is 10.0 Å². The van der Waals surface area contributed by atoms with Crippen molar-refractivity contribution in [2.45, 2.75) is 30.9 Å². The van der Waals surface area contributed by atoms with Crippen LogP contribution in [0.15, 0.2) is 29.2 Å². The monoisotopic (exact) mass is 287 g/mol. The van der Waals surface area contributed by atoms with Crippen LogP contribution in [0.3, 0.4) is 0 Å². The number of nitrogens with two attached hydrogens (primary N) is 1. The lowest BCUT2D eigenvalue weighted by Crippen LogP contribution is -2.39. The van der Waals surface area contributed by atoms with Gasteiger partial charge in [0, 0.05) is 19.1 Å². The number of benzene rings is 1. The molecular formula is C12H21N3O3S. The molecule has 2 unspecified atom stereocenters. The van der Waals surface area contributed by atoms with Gasteiger partial charge < -0.3 is 16.2 Å². The Kier molecular flexibility index (Phi) is 5.74. The van der Waals surface area contributed by atoms with Crippen molar-refractivity contribution < 1.29 is 13.5 Å². The molecule has 5 N–H and O–H groups in total. The average Bonchev–Trinajstić information content (AvgIpc) is 2.36. The van der Waals surface area contributed by atoms with Crippen LogP contribution in [0, 0.1) is 0 Å². The standard InChI is InChI=1S/C12H21N3O3S/c1-3-15-19(17,18)12-7-5-4-6-11(12)14-8-10(13)9(2)16/h4-7,9-10,14-16H,3,8,13H2,1-2H3. The van der Waals surface area contributed by atoms with E-state index >= 15 is 0 Å². The van der Waals surface area contributed by atoms with E-state index in [1.165, 1.54) is 6.07 Å². The summed E-state index contributed by atoms with van der Waals surface area (Å²) in [6.07, 6.45) is -0.662. The quantitative estimate of drug-likeness (QED) is 0.569. The molecule has 0 amide bonds. The fraction of sp³-hybridized carbons (Fsp3) is 0.500. The molecule has 0 heterocycles. The molecule has 6 nitrogen and oxygen atoms in total. The maximum atomic E-state index is 12.0. The van der Waals surface area contributed by atoms with Crippen LogP contribution in [-0.4, -0.2) is 38.8 Å². The van der Waals surface area contributed by atoms with Gasteiger partial charge in [0.2, 0.25) is 10.0 Å².